The van der Waals surface area contributed by atoms with Gasteiger partial charge < -0.3 is 4.42 Å². The van der Waals surface area contributed by atoms with Crippen molar-refractivity contribution in [2.45, 2.75) is 5.41 Å². The van der Waals surface area contributed by atoms with Gasteiger partial charge >= 0.3 is 0 Å². The lowest BCUT2D eigenvalue weighted by molar-refractivity contribution is 0.669. The van der Waals surface area contributed by atoms with Gasteiger partial charge in [-0.05, 0) is 120 Å². The average molecular weight is 972 g/mol. The minimum absolute atomic E-state index is 0.408. The Kier molecular flexibility index (Phi) is 9.09. The van der Waals surface area contributed by atoms with Crippen LogP contribution in [0.1, 0.15) is 22.3 Å². The third kappa shape index (κ3) is 6.19. The summed E-state index contributed by atoms with van der Waals surface area (Å²) in [4.78, 5) is 16.2. The van der Waals surface area contributed by atoms with Crippen LogP contribution in [0.5, 0.6) is 0 Å². The quantitative estimate of drug-likeness (QED) is 0.167. The zero-order chi connectivity index (χ0) is 49.2. The summed E-state index contributed by atoms with van der Waals surface area (Å²) in [7, 11) is 0. The minimum atomic E-state index is -0.408. The van der Waals surface area contributed by atoms with Crippen molar-refractivity contribution in [1.82, 2.24) is 15.0 Å². The van der Waals surface area contributed by atoms with E-state index in [4.69, 9.17) is 19.4 Å². The fraction of sp³-hybridized carbons (Fsp3) is 0.0143. The van der Waals surface area contributed by atoms with Gasteiger partial charge in [-0.25, -0.2) is 15.0 Å². The molecule has 1 spiro atoms. The van der Waals surface area contributed by atoms with Gasteiger partial charge in [-0.2, -0.15) is 0 Å². The molecule has 2 aliphatic carbocycles. The summed E-state index contributed by atoms with van der Waals surface area (Å²) in [6.45, 7) is 0. The highest BCUT2D eigenvalue weighted by Gasteiger charge is 2.51. The lowest BCUT2D eigenvalue weighted by atomic mass is 9.70. The minimum Gasteiger partial charge on any atom is -0.456 e. The van der Waals surface area contributed by atoms with E-state index in [1.807, 2.05) is 18.2 Å². The van der Waals surface area contributed by atoms with Gasteiger partial charge in [-0.3, -0.25) is 0 Å². The summed E-state index contributed by atoms with van der Waals surface area (Å²) in [5.41, 5.74) is 21.2. The molecule has 3 heterocycles. The summed E-state index contributed by atoms with van der Waals surface area (Å²) < 4.78 is 9.12. The third-order valence-corrected chi connectivity index (χ3v) is 16.9. The first-order valence-corrected chi connectivity index (χ1v) is 26.3. The van der Waals surface area contributed by atoms with Crippen LogP contribution in [-0.2, 0) is 5.41 Å². The van der Waals surface area contributed by atoms with E-state index in [0.29, 0.717) is 17.5 Å². The second kappa shape index (κ2) is 16.2. The molecule has 0 radical (unpaired) electrons. The Bertz CT molecular complexity index is 4620. The number of benzene rings is 11. The number of hydrogen-bond acceptors (Lipinski definition) is 5. The molecule has 14 aromatic rings. The Morgan fingerprint density at radius 3 is 1.47 bits per heavy atom. The van der Waals surface area contributed by atoms with E-state index in [9.17, 15) is 0 Å². The summed E-state index contributed by atoms with van der Waals surface area (Å²) in [6.07, 6.45) is 0. The number of hydrogen-bond donors (Lipinski definition) is 0. The van der Waals surface area contributed by atoms with E-state index in [1.165, 1.54) is 64.9 Å². The molecule has 0 unspecified atom stereocenters. The first-order chi connectivity index (χ1) is 37.2. The molecule has 0 atom stereocenters. The summed E-state index contributed by atoms with van der Waals surface area (Å²) in [5.74, 6) is 1.81. The van der Waals surface area contributed by atoms with Gasteiger partial charge in [0, 0.05) is 47.6 Å². The average Bonchev–Trinajstić information content (AvgIpc) is 4.41. The Labute approximate surface area is 436 Å². The van der Waals surface area contributed by atoms with E-state index < -0.39 is 5.41 Å². The van der Waals surface area contributed by atoms with Crippen molar-refractivity contribution in [2.24, 2.45) is 0 Å². The number of furan rings is 1. The van der Waals surface area contributed by atoms with Crippen molar-refractivity contribution < 1.29 is 4.42 Å². The topological polar surface area (TPSA) is 51.8 Å². The maximum Gasteiger partial charge on any atom is 0.164 e. The molecule has 5 heteroatoms. The standard InChI is InChI=1S/C70H41N3OS/c1-2-17-42(18-3-1)47-21-4-5-25-52(47)67-71-68(73-69(72-67)55-28-16-34-64-66(55)53-26-9-13-33-63(53)75-64)54-27-15-32-62-65(54)56-40-45(36-38-61(56)74-62)43-19-14-20-44(39-43)46-35-37-51-50-24-8-12-31-59(50)70(60(51)41-46)57-29-10-6-22-48(57)49-23-7-11-30-58(49)70/h1-41H. The van der Waals surface area contributed by atoms with Gasteiger partial charge in [0.15, 0.2) is 17.5 Å². The maximum absolute atomic E-state index is 6.70. The summed E-state index contributed by atoms with van der Waals surface area (Å²) in [6, 6.07) is 89.8. The molecule has 0 saturated carbocycles. The van der Waals surface area contributed by atoms with Crippen LogP contribution in [-0.4, -0.2) is 15.0 Å². The Morgan fingerprint density at radius 1 is 0.280 bits per heavy atom. The molecule has 0 bridgehead atoms. The van der Waals surface area contributed by atoms with Crippen LogP contribution in [0.25, 0.3) is 132 Å². The molecule has 0 N–H and O–H groups in total. The molecule has 348 valence electrons. The smallest absolute Gasteiger partial charge is 0.164 e. The van der Waals surface area contributed by atoms with Gasteiger partial charge in [0.2, 0.25) is 0 Å². The number of fused-ring (bicyclic) bond motifs is 16. The monoisotopic (exact) mass is 971 g/mol. The van der Waals surface area contributed by atoms with Crippen LogP contribution in [0, 0.1) is 0 Å². The molecule has 4 nitrogen and oxygen atoms in total. The number of aromatic nitrogens is 3. The fourth-order valence-electron chi connectivity index (χ4n) is 12.6. The SMILES string of the molecule is c1ccc(-c2ccccc2-c2nc(-c3cccc4oc5ccc(-c6cccc(-c7ccc8c(c7)C7(c9ccccc9-c9ccccc97)c7ccccc7-8)c6)cc5c34)nc(-c3cccc4sc5ccccc5c34)n2)cc1. The van der Waals surface area contributed by atoms with E-state index in [-0.39, 0.29) is 0 Å². The Balaban J connectivity index is 0.854. The molecule has 16 rings (SSSR count). The van der Waals surface area contributed by atoms with Crippen LogP contribution >= 0.6 is 11.3 Å². The maximum atomic E-state index is 6.70. The van der Waals surface area contributed by atoms with Crippen LogP contribution in [0.4, 0.5) is 0 Å². The highest BCUT2D eigenvalue weighted by Crippen LogP contribution is 2.63. The molecule has 3 aromatic heterocycles. The molecular formula is C70H41N3OS. The lowest BCUT2D eigenvalue weighted by Crippen LogP contribution is -2.25. The molecule has 0 aliphatic heterocycles. The molecule has 0 fully saturated rings. The predicted molar refractivity (Wildman–Crippen MR) is 309 cm³/mol. The van der Waals surface area contributed by atoms with E-state index >= 15 is 0 Å². The van der Waals surface area contributed by atoms with Crippen molar-refractivity contribution in [3.63, 3.8) is 0 Å². The first kappa shape index (κ1) is 42.0. The Morgan fingerprint density at radius 2 is 0.760 bits per heavy atom. The van der Waals surface area contributed by atoms with E-state index in [1.54, 1.807) is 11.3 Å². The van der Waals surface area contributed by atoms with Crippen molar-refractivity contribution in [3.05, 3.63) is 271 Å². The second-order valence-electron chi connectivity index (χ2n) is 19.7. The number of nitrogens with zero attached hydrogens (tertiary/aromatic N) is 3. The van der Waals surface area contributed by atoms with Crippen molar-refractivity contribution in [1.29, 1.82) is 0 Å². The van der Waals surface area contributed by atoms with Gasteiger partial charge in [-0.1, -0.05) is 206 Å². The zero-order valence-corrected chi connectivity index (χ0v) is 41.1. The van der Waals surface area contributed by atoms with Crippen LogP contribution in [0.3, 0.4) is 0 Å². The number of thiophene rings is 1. The van der Waals surface area contributed by atoms with E-state index in [2.05, 4.69) is 231 Å². The van der Waals surface area contributed by atoms with Crippen LogP contribution < -0.4 is 0 Å². The van der Waals surface area contributed by atoms with Crippen molar-refractivity contribution in [3.8, 4) is 89.8 Å². The predicted octanol–water partition coefficient (Wildman–Crippen LogP) is 18.5. The van der Waals surface area contributed by atoms with Crippen molar-refractivity contribution >= 4 is 53.4 Å². The fourth-order valence-corrected chi connectivity index (χ4v) is 13.7. The highest BCUT2D eigenvalue weighted by molar-refractivity contribution is 7.25. The van der Waals surface area contributed by atoms with E-state index in [0.717, 1.165) is 71.8 Å². The van der Waals surface area contributed by atoms with Crippen LogP contribution in [0.15, 0.2) is 253 Å². The molecule has 2 aliphatic rings. The molecular weight excluding hydrogens is 931 g/mol. The van der Waals surface area contributed by atoms with Gasteiger partial charge in [0.05, 0.1) is 5.41 Å². The zero-order valence-electron chi connectivity index (χ0n) is 40.3. The normalized spacial score (nSPS) is 12.9. The largest absolute Gasteiger partial charge is 0.456 e. The third-order valence-electron chi connectivity index (χ3n) is 15.8. The molecule has 0 saturated heterocycles. The highest BCUT2D eigenvalue weighted by atomic mass is 32.1. The van der Waals surface area contributed by atoms with Gasteiger partial charge in [0.1, 0.15) is 11.2 Å². The number of rotatable bonds is 6. The molecule has 0 amide bonds. The summed E-state index contributed by atoms with van der Waals surface area (Å²) in [5, 5.41) is 4.30. The van der Waals surface area contributed by atoms with Crippen LogP contribution in [0.2, 0.25) is 0 Å². The van der Waals surface area contributed by atoms with Crippen molar-refractivity contribution in [2.75, 3.05) is 0 Å². The Hall–Kier alpha value is -9.55. The molecule has 11 aromatic carbocycles. The lowest BCUT2D eigenvalue weighted by Gasteiger charge is -2.30. The second-order valence-corrected chi connectivity index (χ2v) is 20.8. The van der Waals surface area contributed by atoms with Gasteiger partial charge in [0.25, 0.3) is 0 Å². The summed E-state index contributed by atoms with van der Waals surface area (Å²) >= 11 is 1.79. The first-order valence-electron chi connectivity index (χ1n) is 25.5. The molecule has 75 heavy (non-hydrogen) atoms. The van der Waals surface area contributed by atoms with Gasteiger partial charge in [-0.15, -0.1) is 11.3 Å².